The molecule has 3 heterocycles. The first kappa shape index (κ1) is 14.9. The van der Waals surface area contributed by atoms with Gasteiger partial charge in [-0.1, -0.05) is 18.9 Å². The third-order valence-corrected chi connectivity index (χ3v) is 5.73. The Hall–Kier alpha value is -1.62. The maximum absolute atomic E-state index is 12.6. The molecule has 1 N–H and O–H groups in total. The van der Waals surface area contributed by atoms with E-state index >= 15 is 0 Å². The second kappa shape index (κ2) is 6.48. The zero-order chi connectivity index (χ0) is 15.6. The van der Waals surface area contributed by atoms with Crippen LogP contribution in [-0.2, 0) is 6.54 Å². The fourth-order valence-electron chi connectivity index (χ4n) is 4.55. The summed E-state index contributed by atoms with van der Waals surface area (Å²) in [5.74, 6) is 0. The average Bonchev–Trinajstić information content (AvgIpc) is 3.27. The number of hydrogen-bond acceptors (Lipinski definition) is 3. The quantitative estimate of drug-likeness (QED) is 0.932. The average molecular weight is 314 g/mol. The van der Waals surface area contributed by atoms with Crippen molar-refractivity contribution in [3.63, 3.8) is 0 Å². The third-order valence-electron chi connectivity index (χ3n) is 5.73. The molecule has 1 aromatic heterocycles. The van der Waals surface area contributed by atoms with Gasteiger partial charge in [0.2, 0.25) is 0 Å². The zero-order valence-corrected chi connectivity index (χ0v) is 13.7. The number of fused-ring (bicyclic) bond motifs is 1. The molecule has 5 nitrogen and oxygen atoms in total. The van der Waals surface area contributed by atoms with Gasteiger partial charge in [0.1, 0.15) is 0 Å². The maximum Gasteiger partial charge on any atom is 0.317 e. The summed E-state index contributed by atoms with van der Waals surface area (Å²) in [5, 5.41) is 3.25. The minimum Gasteiger partial charge on any atom is -0.335 e. The van der Waals surface area contributed by atoms with Crippen molar-refractivity contribution in [3.8, 4) is 0 Å². The van der Waals surface area contributed by atoms with Gasteiger partial charge in [-0.05, 0) is 37.8 Å². The lowest BCUT2D eigenvalue weighted by Crippen LogP contribution is -2.47. The summed E-state index contributed by atoms with van der Waals surface area (Å²) in [5.41, 5.74) is 1.13. The molecular weight excluding hydrogens is 288 g/mol. The van der Waals surface area contributed by atoms with E-state index in [0.29, 0.717) is 18.1 Å². The van der Waals surface area contributed by atoms with Gasteiger partial charge in [0.05, 0.1) is 11.7 Å². The number of aromatic nitrogens is 1. The fourth-order valence-corrected chi connectivity index (χ4v) is 4.55. The highest BCUT2D eigenvalue weighted by molar-refractivity contribution is 5.75. The van der Waals surface area contributed by atoms with Crippen LogP contribution in [0.4, 0.5) is 4.79 Å². The Balaban J connectivity index is 1.36. The van der Waals surface area contributed by atoms with Gasteiger partial charge in [-0.3, -0.25) is 9.88 Å². The third kappa shape index (κ3) is 3.07. The largest absolute Gasteiger partial charge is 0.335 e. The van der Waals surface area contributed by atoms with E-state index in [1.165, 1.54) is 12.8 Å². The van der Waals surface area contributed by atoms with Crippen LogP contribution in [0.5, 0.6) is 0 Å². The summed E-state index contributed by atoms with van der Waals surface area (Å²) < 4.78 is 0. The first-order chi connectivity index (χ1) is 11.3. The van der Waals surface area contributed by atoms with Crippen molar-refractivity contribution < 1.29 is 4.79 Å². The number of rotatable bonds is 3. The minimum atomic E-state index is 0.170. The van der Waals surface area contributed by atoms with Gasteiger partial charge in [0.25, 0.3) is 0 Å². The molecule has 124 valence electrons. The summed E-state index contributed by atoms with van der Waals surface area (Å²) >= 11 is 0. The van der Waals surface area contributed by atoms with Crippen LogP contribution in [0.2, 0.25) is 0 Å². The number of carbonyl (C=O) groups excluding carboxylic acids is 1. The van der Waals surface area contributed by atoms with Gasteiger partial charge in [0, 0.05) is 37.9 Å². The van der Waals surface area contributed by atoms with Crippen LogP contribution in [0, 0.1) is 0 Å². The molecule has 0 radical (unpaired) electrons. The summed E-state index contributed by atoms with van der Waals surface area (Å²) in [6.45, 7) is 2.87. The van der Waals surface area contributed by atoms with E-state index in [2.05, 4.69) is 26.2 Å². The Bertz CT molecular complexity index is 543. The number of hydrogen-bond donors (Lipinski definition) is 1. The second-order valence-electron chi connectivity index (χ2n) is 7.13. The van der Waals surface area contributed by atoms with Crippen LogP contribution in [0.15, 0.2) is 24.4 Å². The summed E-state index contributed by atoms with van der Waals surface area (Å²) in [6, 6.07) is 7.57. The van der Waals surface area contributed by atoms with Gasteiger partial charge in [-0.25, -0.2) is 4.79 Å². The maximum atomic E-state index is 12.6. The van der Waals surface area contributed by atoms with Crippen molar-refractivity contribution in [2.45, 2.75) is 63.2 Å². The van der Waals surface area contributed by atoms with E-state index in [1.807, 2.05) is 18.3 Å². The highest BCUT2D eigenvalue weighted by atomic mass is 16.2. The summed E-state index contributed by atoms with van der Waals surface area (Å²) in [7, 11) is 0. The van der Waals surface area contributed by atoms with Crippen molar-refractivity contribution in [1.82, 2.24) is 20.1 Å². The molecule has 0 unspecified atom stereocenters. The van der Waals surface area contributed by atoms with E-state index < -0.39 is 0 Å². The molecular formula is C18H26N4O. The molecule has 0 aromatic carbocycles. The van der Waals surface area contributed by atoms with Crippen LogP contribution < -0.4 is 5.32 Å². The lowest BCUT2D eigenvalue weighted by molar-refractivity contribution is 0.183. The van der Waals surface area contributed by atoms with Crippen LogP contribution in [0.3, 0.4) is 0 Å². The van der Waals surface area contributed by atoms with Crippen LogP contribution >= 0.6 is 0 Å². The molecule has 2 saturated heterocycles. The molecule has 3 fully saturated rings. The monoisotopic (exact) mass is 314 g/mol. The Morgan fingerprint density at radius 1 is 1.13 bits per heavy atom. The Kier molecular flexibility index (Phi) is 4.21. The highest BCUT2D eigenvalue weighted by Gasteiger charge is 2.44. The lowest BCUT2D eigenvalue weighted by Gasteiger charge is -2.27. The van der Waals surface area contributed by atoms with Crippen LogP contribution in [-0.4, -0.2) is 52.0 Å². The Morgan fingerprint density at radius 3 is 2.74 bits per heavy atom. The van der Waals surface area contributed by atoms with Crippen molar-refractivity contribution in [3.05, 3.63) is 30.1 Å². The van der Waals surface area contributed by atoms with Crippen LogP contribution in [0.1, 0.15) is 44.2 Å². The summed E-state index contributed by atoms with van der Waals surface area (Å²) in [4.78, 5) is 21.6. The van der Waals surface area contributed by atoms with Crippen LogP contribution in [0.25, 0.3) is 0 Å². The Labute approximate surface area is 138 Å². The van der Waals surface area contributed by atoms with E-state index in [-0.39, 0.29) is 6.03 Å². The number of pyridine rings is 1. The van der Waals surface area contributed by atoms with E-state index in [0.717, 1.165) is 51.0 Å². The topological polar surface area (TPSA) is 48.5 Å². The predicted octanol–water partition coefficient (Wildman–Crippen LogP) is 2.38. The molecule has 2 atom stereocenters. The SMILES string of the molecule is O=C(NC1CCCC1)N1CC[C@H]2[C@@H]1CCN2Cc1ccccn1. The molecule has 4 rings (SSSR count). The molecule has 1 aromatic rings. The van der Waals surface area contributed by atoms with Crippen molar-refractivity contribution >= 4 is 6.03 Å². The molecule has 0 bridgehead atoms. The molecule has 2 amide bonds. The van der Waals surface area contributed by atoms with Gasteiger partial charge < -0.3 is 10.2 Å². The number of amides is 2. The van der Waals surface area contributed by atoms with Gasteiger partial charge in [0.15, 0.2) is 0 Å². The highest BCUT2D eigenvalue weighted by Crippen LogP contribution is 2.32. The minimum absolute atomic E-state index is 0.170. The van der Waals surface area contributed by atoms with E-state index in [9.17, 15) is 4.79 Å². The van der Waals surface area contributed by atoms with Crippen molar-refractivity contribution in [2.24, 2.45) is 0 Å². The number of likely N-dealkylation sites (tertiary alicyclic amines) is 2. The van der Waals surface area contributed by atoms with Gasteiger partial charge >= 0.3 is 6.03 Å². The smallest absolute Gasteiger partial charge is 0.317 e. The molecule has 2 aliphatic heterocycles. The number of urea groups is 1. The standard InChI is InChI=1S/C18H26N4O/c23-18(20-14-5-1-2-6-14)22-12-9-16-17(22)8-11-21(16)13-15-7-3-4-10-19-15/h3-4,7,10,14,16-17H,1-2,5-6,8-9,11-13H2,(H,20,23)/t16-,17-/m0/s1. The zero-order valence-electron chi connectivity index (χ0n) is 13.7. The molecule has 1 aliphatic carbocycles. The molecule has 3 aliphatic rings. The Morgan fingerprint density at radius 2 is 1.96 bits per heavy atom. The first-order valence-electron chi connectivity index (χ1n) is 9.02. The second-order valence-corrected chi connectivity index (χ2v) is 7.13. The van der Waals surface area contributed by atoms with Crippen molar-refractivity contribution in [2.75, 3.05) is 13.1 Å². The van der Waals surface area contributed by atoms with E-state index in [1.54, 1.807) is 0 Å². The normalized spacial score (nSPS) is 28.3. The molecule has 23 heavy (non-hydrogen) atoms. The number of carbonyl (C=O) groups is 1. The fraction of sp³-hybridized carbons (Fsp3) is 0.667. The first-order valence-corrected chi connectivity index (χ1v) is 9.02. The lowest BCUT2D eigenvalue weighted by atomic mass is 10.1. The molecule has 0 spiro atoms. The number of nitrogens with zero attached hydrogens (tertiary/aromatic N) is 3. The molecule has 1 saturated carbocycles. The molecule has 5 heteroatoms. The predicted molar refractivity (Wildman–Crippen MR) is 89.0 cm³/mol. The van der Waals surface area contributed by atoms with Crippen molar-refractivity contribution in [1.29, 1.82) is 0 Å². The summed E-state index contributed by atoms with van der Waals surface area (Å²) in [6.07, 6.45) is 8.87. The number of nitrogens with one attached hydrogen (secondary N) is 1. The van der Waals surface area contributed by atoms with Gasteiger partial charge in [-0.2, -0.15) is 0 Å². The van der Waals surface area contributed by atoms with Gasteiger partial charge in [-0.15, -0.1) is 0 Å². The van der Waals surface area contributed by atoms with E-state index in [4.69, 9.17) is 0 Å².